The van der Waals surface area contributed by atoms with Gasteiger partial charge in [-0.25, -0.2) is 0 Å². The number of carbonyl (C=O) groups is 1. The molecule has 0 atom stereocenters. The standard InChI is InChI=1S/C24H30N4O2S2/c1-5-26-10-12-27(13-11-26)21-17-8-6-7-9-19(17)25(4)22(29)18(21)14-20-23(30)28(15-16(2)3)24(31)32-20/h6-9,14,16H,5,10-13,15H2,1-4H3. The third-order valence-electron chi connectivity index (χ3n) is 6.14. The Bertz CT molecular complexity index is 1150. The summed E-state index contributed by atoms with van der Waals surface area (Å²) in [6, 6.07) is 8.01. The number of benzene rings is 1. The Morgan fingerprint density at radius 3 is 2.47 bits per heavy atom. The maximum absolute atomic E-state index is 13.5. The number of amides is 1. The zero-order valence-electron chi connectivity index (χ0n) is 19.1. The van der Waals surface area contributed by atoms with E-state index < -0.39 is 0 Å². The van der Waals surface area contributed by atoms with E-state index in [0.717, 1.165) is 49.3 Å². The Kier molecular flexibility index (Phi) is 6.74. The summed E-state index contributed by atoms with van der Waals surface area (Å²) in [5.74, 6) is 0.210. The predicted molar refractivity (Wildman–Crippen MR) is 138 cm³/mol. The number of hydrogen-bond donors (Lipinski definition) is 0. The molecule has 2 aliphatic heterocycles. The second-order valence-electron chi connectivity index (χ2n) is 8.75. The van der Waals surface area contributed by atoms with Gasteiger partial charge in [0.15, 0.2) is 0 Å². The SMILES string of the molecule is CCN1CCN(c2c(C=C3SC(=S)N(CC(C)C)C3=O)c(=O)n(C)c3ccccc23)CC1. The summed E-state index contributed by atoms with van der Waals surface area (Å²) in [6.45, 7) is 11.5. The van der Waals surface area contributed by atoms with Gasteiger partial charge in [0.25, 0.3) is 11.5 Å². The van der Waals surface area contributed by atoms with Crippen molar-refractivity contribution in [1.29, 1.82) is 0 Å². The van der Waals surface area contributed by atoms with Gasteiger partial charge in [-0.2, -0.15) is 0 Å². The number of rotatable bonds is 5. The first kappa shape index (κ1) is 23.0. The zero-order chi connectivity index (χ0) is 23.0. The lowest BCUT2D eigenvalue weighted by atomic mass is 10.1. The Morgan fingerprint density at radius 1 is 1.12 bits per heavy atom. The molecular formula is C24H30N4O2S2. The van der Waals surface area contributed by atoms with Crippen LogP contribution in [-0.4, -0.2) is 63.9 Å². The lowest BCUT2D eigenvalue weighted by molar-refractivity contribution is -0.122. The van der Waals surface area contributed by atoms with Crippen LogP contribution in [0, 0.1) is 5.92 Å². The highest BCUT2D eigenvalue weighted by Crippen LogP contribution is 2.36. The second-order valence-corrected chi connectivity index (χ2v) is 10.4. The number of carbonyl (C=O) groups excluding carboxylic acids is 1. The van der Waals surface area contributed by atoms with Crippen molar-refractivity contribution in [2.24, 2.45) is 13.0 Å². The van der Waals surface area contributed by atoms with Gasteiger partial charge >= 0.3 is 0 Å². The summed E-state index contributed by atoms with van der Waals surface area (Å²) in [6.07, 6.45) is 1.77. The number of anilines is 1. The van der Waals surface area contributed by atoms with Gasteiger partial charge in [-0.05, 0) is 24.6 Å². The highest BCUT2D eigenvalue weighted by Gasteiger charge is 2.33. The summed E-state index contributed by atoms with van der Waals surface area (Å²) in [5.41, 5.74) is 2.30. The first-order chi connectivity index (χ1) is 15.3. The molecule has 2 saturated heterocycles. The molecule has 8 heteroatoms. The van der Waals surface area contributed by atoms with Crippen LogP contribution in [0.5, 0.6) is 0 Å². The van der Waals surface area contributed by atoms with Crippen LogP contribution < -0.4 is 10.5 Å². The molecule has 2 aromatic rings. The van der Waals surface area contributed by atoms with Crippen molar-refractivity contribution in [3.63, 3.8) is 0 Å². The molecule has 170 valence electrons. The van der Waals surface area contributed by atoms with Crippen LogP contribution in [0.2, 0.25) is 0 Å². The van der Waals surface area contributed by atoms with Crippen LogP contribution in [-0.2, 0) is 11.8 Å². The molecule has 2 aliphatic rings. The molecule has 0 saturated carbocycles. The van der Waals surface area contributed by atoms with E-state index in [9.17, 15) is 9.59 Å². The number of nitrogens with zero attached hydrogens (tertiary/aromatic N) is 4. The van der Waals surface area contributed by atoms with E-state index in [1.54, 1.807) is 22.6 Å². The van der Waals surface area contributed by atoms with Crippen molar-refractivity contribution in [2.75, 3.05) is 44.2 Å². The van der Waals surface area contributed by atoms with E-state index in [-0.39, 0.29) is 11.5 Å². The van der Waals surface area contributed by atoms with Crippen LogP contribution in [0.25, 0.3) is 17.0 Å². The van der Waals surface area contributed by atoms with Gasteiger partial charge in [0.1, 0.15) is 4.32 Å². The molecule has 2 fully saturated rings. The average Bonchev–Trinajstić information content (AvgIpc) is 3.04. The maximum Gasteiger partial charge on any atom is 0.266 e. The molecule has 0 radical (unpaired) electrons. The van der Waals surface area contributed by atoms with E-state index in [4.69, 9.17) is 12.2 Å². The van der Waals surface area contributed by atoms with Crippen molar-refractivity contribution in [2.45, 2.75) is 20.8 Å². The smallest absolute Gasteiger partial charge is 0.266 e. The zero-order valence-corrected chi connectivity index (χ0v) is 20.8. The normalized spacial score (nSPS) is 19.2. The fraction of sp³-hybridized carbons (Fsp3) is 0.458. The topological polar surface area (TPSA) is 48.8 Å². The molecule has 0 aliphatic carbocycles. The molecule has 0 unspecified atom stereocenters. The van der Waals surface area contributed by atoms with E-state index in [1.165, 1.54) is 11.8 Å². The Balaban J connectivity index is 1.85. The number of likely N-dealkylation sites (N-methyl/N-ethyl adjacent to an activating group) is 1. The number of pyridine rings is 1. The third kappa shape index (κ3) is 4.23. The molecule has 0 spiro atoms. The number of thiocarbonyl (C=S) groups is 1. The number of aromatic nitrogens is 1. The van der Waals surface area contributed by atoms with Crippen LogP contribution >= 0.6 is 24.0 Å². The highest BCUT2D eigenvalue weighted by molar-refractivity contribution is 8.26. The summed E-state index contributed by atoms with van der Waals surface area (Å²) in [7, 11) is 1.80. The molecule has 4 rings (SSSR count). The summed E-state index contributed by atoms with van der Waals surface area (Å²) in [4.78, 5) is 33.5. The van der Waals surface area contributed by atoms with Crippen molar-refractivity contribution in [3.05, 3.63) is 45.1 Å². The minimum Gasteiger partial charge on any atom is -0.368 e. The van der Waals surface area contributed by atoms with Crippen LogP contribution in [0.1, 0.15) is 26.3 Å². The van der Waals surface area contributed by atoms with Gasteiger partial charge in [-0.3, -0.25) is 14.5 Å². The molecule has 1 aromatic heterocycles. The van der Waals surface area contributed by atoms with Gasteiger partial charge in [-0.15, -0.1) is 0 Å². The van der Waals surface area contributed by atoms with Gasteiger partial charge < -0.3 is 14.4 Å². The average molecular weight is 471 g/mol. The number of hydrogen-bond acceptors (Lipinski definition) is 6. The lowest BCUT2D eigenvalue weighted by Gasteiger charge is -2.37. The summed E-state index contributed by atoms with van der Waals surface area (Å²) >= 11 is 6.77. The molecule has 1 aromatic carbocycles. The van der Waals surface area contributed by atoms with Crippen molar-refractivity contribution >= 4 is 56.9 Å². The quantitative estimate of drug-likeness (QED) is 0.492. The molecular weight excluding hydrogens is 440 g/mol. The number of fused-ring (bicyclic) bond motifs is 1. The Morgan fingerprint density at radius 2 is 1.81 bits per heavy atom. The molecule has 6 nitrogen and oxygen atoms in total. The van der Waals surface area contributed by atoms with E-state index >= 15 is 0 Å². The number of para-hydroxylation sites is 1. The van der Waals surface area contributed by atoms with Gasteiger partial charge in [-0.1, -0.05) is 63.0 Å². The monoisotopic (exact) mass is 470 g/mol. The first-order valence-electron chi connectivity index (χ1n) is 11.2. The van der Waals surface area contributed by atoms with Gasteiger partial charge in [0, 0.05) is 45.2 Å². The largest absolute Gasteiger partial charge is 0.368 e. The summed E-state index contributed by atoms with van der Waals surface area (Å²) < 4.78 is 2.24. The van der Waals surface area contributed by atoms with Gasteiger partial charge in [0.05, 0.1) is 21.7 Å². The minimum absolute atomic E-state index is 0.0919. The fourth-order valence-electron chi connectivity index (χ4n) is 4.41. The maximum atomic E-state index is 13.5. The van der Waals surface area contributed by atoms with E-state index in [1.807, 2.05) is 18.2 Å². The molecule has 3 heterocycles. The molecule has 0 bridgehead atoms. The Labute approximate surface area is 198 Å². The second kappa shape index (κ2) is 9.37. The van der Waals surface area contributed by atoms with Crippen molar-refractivity contribution in [3.8, 4) is 0 Å². The van der Waals surface area contributed by atoms with Crippen LogP contribution in [0.3, 0.4) is 0 Å². The fourth-order valence-corrected chi connectivity index (χ4v) is 5.67. The van der Waals surface area contributed by atoms with Crippen LogP contribution in [0.15, 0.2) is 34.0 Å². The van der Waals surface area contributed by atoms with Crippen molar-refractivity contribution < 1.29 is 4.79 Å². The molecule has 32 heavy (non-hydrogen) atoms. The molecule has 0 N–H and O–H groups in total. The van der Waals surface area contributed by atoms with Gasteiger partial charge in [0.2, 0.25) is 0 Å². The third-order valence-corrected chi connectivity index (χ3v) is 7.52. The molecule has 1 amide bonds. The minimum atomic E-state index is -0.106. The number of aryl methyl sites for hydroxylation is 1. The summed E-state index contributed by atoms with van der Waals surface area (Å²) in [5, 5.41) is 1.03. The van der Waals surface area contributed by atoms with Crippen LogP contribution in [0.4, 0.5) is 5.69 Å². The number of thioether (sulfide) groups is 1. The van der Waals surface area contributed by atoms with E-state index in [2.05, 4.69) is 36.6 Å². The highest BCUT2D eigenvalue weighted by atomic mass is 32.2. The van der Waals surface area contributed by atoms with Crippen molar-refractivity contribution in [1.82, 2.24) is 14.4 Å². The Hall–Kier alpha value is -2.16. The predicted octanol–water partition coefficient (Wildman–Crippen LogP) is 3.54. The van der Waals surface area contributed by atoms with E-state index in [0.29, 0.717) is 27.3 Å². The lowest BCUT2D eigenvalue weighted by Crippen LogP contribution is -2.47. The first-order valence-corrected chi connectivity index (χ1v) is 12.4. The number of piperazine rings is 1.